The lowest BCUT2D eigenvalue weighted by Crippen LogP contribution is -2.05. The Hall–Kier alpha value is -1.39. The highest BCUT2D eigenvalue weighted by molar-refractivity contribution is 7.91. The lowest BCUT2D eigenvalue weighted by molar-refractivity contribution is 0.320. The molecule has 0 aromatic heterocycles. The lowest BCUT2D eigenvalue weighted by atomic mass is 10.0. The molecular formula is C22H32O3S. The Morgan fingerprint density at radius 1 is 1.08 bits per heavy atom. The normalized spacial score (nSPS) is 20.3. The third-order valence-corrected chi connectivity index (χ3v) is 6.62. The molecule has 1 aromatic carbocycles. The van der Waals surface area contributed by atoms with Crippen LogP contribution in [0.5, 0.6) is 0 Å². The van der Waals surface area contributed by atoms with Gasteiger partial charge in [0.15, 0.2) is 9.84 Å². The van der Waals surface area contributed by atoms with Crippen molar-refractivity contribution in [2.24, 2.45) is 0 Å². The molecule has 0 bridgehead atoms. The third kappa shape index (κ3) is 6.40. The Kier molecular flexibility index (Phi) is 6.86. The lowest BCUT2D eigenvalue weighted by Gasteiger charge is -2.04. The van der Waals surface area contributed by atoms with Gasteiger partial charge in [-0.1, -0.05) is 41.0 Å². The maximum atomic E-state index is 12.4. The van der Waals surface area contributed by atoms with E-state index in [-0.39, 0.29) is 11.4 Å². The van der Waals surface area contributed by atoms with Crippen LogP contribution in [0.25, 0.3) is 0 Å². The highest BCUT2D eigenvalue weighted by Crippen LogP contribution is 2.38. The summed E-state index contributed by atoms with van der Waals surface area (Å²) in [5.41, 5.74) is 3.64. The molecule has 1 fully saturated rings. The largest absolute Gasteiger partial charge is 0.367 e. The second kappa shape index (κ2) is 8.53. The average molecular weight is 377 g/mol. The summed E-state index contributed by atoms with van der Waals surface area (Å²) in [7, 11) is -3.24. The van der Waals surface area contributed by atoms with Gasteiger partial charge in [-0.05, 0) is 72.4 Å². The molecule has 1 aromatic rings. The quantitative estimate of drug-likeness (QED) is 0.428. The summed E-state index contributed by atoms with van der Waals surface area (Å²) in [5.74, 6) is 0.0681. The van der Waals surface area contributed by atoms with E-state index < -0.39 is 9.84 Å². The number of epoxide rings is 1. The smallest absolute Gasteiger partial charge is 0.181 e. The fourth-order valence-corrected chi connectivity index (χ4v) is 4.19. The molecule has 1 aliphatic rings. The van der Waals surface area contributed by atoms with Crippen LogP contribution in [0.4, 0.5) is 0 Å². The van der Waals surface area contributed by atoms with Gasteiger partial charge in [-0.3, -0.25) is 0 Å². The molecule has 0 N–H and O–H groups in total. The molecule has 144 valence electrons. The second-order valence-corrected chi connectivity index (χ2v) is 10.0. The molecule has 0 radical (unpaired) electrons. The maximum Gasteiger partial charge on any atom is 0.181 e. The Balaban J connectivity index is 1.77. The van der Waals surface area contributed by atoms with Crippen LogP contribution in [0.3, 0.4) is 0 Å². The van der Waals surface area contributed by atoms with Crippen LogP contribution in [-0.2, 0) is 14.6 Å². The first-order valence-electron chi connectivity index (χ1n) is 9.39. The molecule has 0 spiro atoms. The molecule has 0 aliphatic carbocycles. The number of allylic oxidation sites excluding steroid dienone is 3. The van der Waals surface area contributed by atoms with Crippen molar-refractivity contribution in [2.45, 2.75) is 76.9 Å². The molecule has 2 rings (SSSR count). The van der Waals surface area contributed by atoms with Gasteiger partial charge in [0.25, 0.3) is 0 Å². The van der Waals surface area contributed by atoms with Crippen LogP contribution in [-0.4, -0.2) is 25.9 Å². The first-order chi connectivity index (χ1) is 12.1. The minimum Gasteiger partial charge on any atom is -0.367 e. The molecule has 0 saturated carbocycles. The summed E-state index contributed by atoms with van der Waals surface area (Å²) in [5, 5.41) is 0. The van der Waals surface area contributed by atoms with Crippen molar-refractivity contribution in [3.63, 3.8) is 0 Å². The third-order valence-electron chi connectivity index (χ3n) is 5.03. The van der Waals surface area contributed by atoms with Crippen LogP contribution in [0.1, 0.15) is 58.9 Å². The summed E-state index contributed by atoms with van der Waals surface area (Å²) in [6.07, 6.45) is 8.51. The minimum atomic E-state index is -3.24. The standard InChI is InChI=1S/C22H32O3S/c1-17(11-14-21-22(4,5)25-21)7-6-8-18(2)15-16-26(23,24)20-12-9-19(3)10-13-20/h7,9-10,12-13,15,21H,6,8,11,14,16H2,1-5H3/b17-7+,18-15+/t21-/m1/s1. The van der Waals surface area contributed by atoms with Gasteiger partial charge in [0.2, 0.25) is 0 Å². The van der Waals surface area contributed by atoms with Crippen LogP contribution >= 0.6 is 0 Å². The molecule has 1 aliphatic heterocycles. The maximum absolute atomic E-state index is 12.4. The fourth-order valence-electron chi connectivity index (χ4n) is 2.94. The van der Waals surface area contributed by atoms with E-state index in [9.17, 15) is 8.42 Å². The van der Waals surface area contributed by atoms with Crippen molar-refractivity contribution in [1.82, 2.24) is 0 Å². The van der Waals surface area contributed by atoms with Gasteiger partial charge in [0.05, 0.1) is 22.4 Å². The summed E-state index contributed by atoms with van der Waals surface area (Å²) >= 11 is 0. The van der Waals surface area contributed by atoms with Gasteiger partial charge >= 0.3 is 0 Å². The highest BCUT2D eigenvalue weighted by Gasteiger charge is 2.46. The van der Waals surface area contributed by atoms with Crippen molar-refractivity contribution in [3.8, 4) is 0 Å². The Bertz CT molecular complexity index is 768. The average Bonchev–Trinajstić information content (AvgIpc) is 3.18. The summed E-state index contributed by atoms with van der Waals surface area (Å²) in [6, 6.07) is 7.05. The number of ether oxygens (including phenoxy) is 1. The van der Waals surface area contributed by atoms with Crippen LogP contribution in [0.15, 0.2) is 52.5 Å². The van der Waals surface area contributed by atoms with E-state index in [2.05, 4.69) is 26.8 Å². The van der Waals surface area contributed by atoms with Crippen LogP contribution in [0, 0.1) is 6.92 Å². The van der Waals surface area contributed by atoms with Crippen molar-refractivity contribution in [3.05, 3.63) is 53.1 Å². The van der Waals surface area contributed by atoms with Gasteiger partial charge in [0, 0.05) is 0 Å². The SMILES string of the molecule is C/C(=C\CS(=O)(=O)c1ccc(C)cc1)CC/C=C(\C)CC[C@H]1OC1(C)C. The highest BCUT2D eigenvalue weighted by atomic mass is 32.2. The van der Waals surface area contributed by atoms with Crippen molar-refractivity contribution in [2.75, 3.05) is 5.75 Å². The van der Waals surface area contributed by atoms with Gasteiger partial charge in [-0.25, -0.2) is 8.42 Å². The van der Waals surface area contributed by atoms with Crippen molar-refractivity contribution >= 4 is 9.84 Å². The van der Waals surface area contributed by atoms with E-state index in [4.69, 9.17) is 4.74 Å². The predicted octanol–water partition coefficient (Wildman–Crippen LogP) is 5.40. The Labute approximate surface area is 159 Å². The molecule has 1 saturated heterocycles. The number of hydrogen-bond acceptors (Lipinski definition) is 3. The first-order valence-corrected chi connectivity index (χ1v) is 11.0. The number of aryl methyl sites for hydroxylation is 1. The van der Waals surface area contributed by atoms with Crippen molar-refractivity contribution in [1.29, 1.82) is 0 Å². The molecule has 26 heavy (non-hydrogen) atoms. The Morgan fingerprint density at radius 3 is 2.23 bits per heavy atom. The number of sulfone groups is 1. The number of rotatable bonds is 9. The monoisotopic (exact) mass is 376 g/mol. The van der Waals surface area contributed by atoms with Crippen LogP contribution in [0.2, 0.25) is 0 Å². The van der Waals surface area contributed by atoms with Crippen molar-refractivity contribution < 1.29 is 13.2 Å². The zero-order valence-corrected chi connectivity index (χ0v) is 17.5. The minimum absolute atomic E-state index is 0.0681. The van der Waals surface area contributed by atoms with E-state index >= 15 is 0 Å². The predicted molar refractivity (Wildman–Crippen MR) is 108 cm³/mol. The van der Waals surface area contributed by atoms with E-state index in [1.807, 2.05) is 32.1 Å². The zero-order valence-electron chi connectivity index (χ0n) is 16.7. The topological polar surface area (TPSA) is 46.7 Å². The molecule has 3 nitrogen and oxygen atoms in total. The number of hydrogen-bond donors (Lipinski definition) is 0. The molecule has 1 heterocycles. The zero-order chi connectivity index (χ0) is 19.4. The molecule has 1 atom stereocenters. The van der Waals surface area contributed by atoms with E-state index in [1.54, 1.807) is 12.1 Å². The Morgan fingerprint density at radius 2 is 1.65 bits per heavy atom. The fraction of sp³-hybridized carbons (Fsp3) is 0.545. The molecule has 4 heteroatoms. The van der Waals surface area contributed by atoms with Gasteiger partial charge in [-0.2, -0.15) is 0 Å². The molecule has 0 unspecified atom stereocenters. The van der Waals surface area contributed by atoms with E-state index in [0.29, 0.717) is 11.0 Å². The van der Waals surface area contributed by atoms with E-state index in [0.717, 1.165) is 36.8 Å². The molecular weight excluding hydrogens is 344 g/mol. The summed E-state index contributed by atoms with van der Waals surface area (Å²) in [6.45, 7) is 10.4. The number of benzene rings is 1. The molecule has 0 amide bonds. The van der Waals surface area contributed by atoms with Gasteiger partial charge in [-0.15, -0.1) is 0 Å². The first kappa shape index (κ1) is 20.9. The summed E-state index contributed by atoms with van der Waals surface area (Å²) in [4.78, 5) is 0.396. The van der Waals surface area contributed by atoms with Gasteiger partial charge in [0.1, 0.15) is 0 Å². The summed E-state index contributed by atoms with van der Waals surface area (Å²) < 4.78 is 30.3. The van der Waals surface area contributed by atoms with Crippen LogP contribution < -0.4 is 0 Å². The van der Waals surface area contributed by atoms with Gasteiger partial charge < -0.3 is 4.74 Å². The van der Waals surface area contributed by atoms with E-state index in [1.165, 1.54) is 5.57 Å². The second-order valence-electron chi connectivity index (χ2n) is 7.98.